The summed E-state index contributed by atoms with van der Waals surface area (Å²) in [6.07, 6.45) is 1.08. The first-order valence-electron chi connectivity index (χ1n) is 5.97. The van der Waals surface area contributed by atoms with Crippen LogP contribution in [0.3, 0.4) is 0 Å². The number of carboxylic acids is 1. The molecular formula is C13H14N2O2S. The molecule has 0 amide bonds. The molecular weight excluding hydrogens is 248 g/mol. The number of imidazole rings is 1. The van der Waals surface area contributed by atoms with Crippen LogP contribution in [0.5, 0.6) is 0 Å². The Kier molecular flexibility index (Phi) is 2.78. The van der Waals surface area contributed by atoms with Crippen molar-refractivity contribution in [1.29, 1.82) is 0 Å². The fraction of sp³-hybridized carbons (Fsp3) is 0.385. The second-order valence-electron chi connectivity index (χ2n) is 4.57. The zero-order valence-electron chi connectivity index (χ0n) is 10.1. The highest BCUT2D eigenvalue weighted by Crippen LogP contribution is 2.33. The molecule has 3 rings (SSSR count). The van der Waals surface area contributed by atoms with E-state index in [-0.39, 0.29) is 5.69 Å². The zero-order valence-corrected chi connectivity index (χ0v) is 10.9. The van der Waals surface area contributed by atoms with Gasteiger partial charge in [0, 0.05) is 17.4 Å². The van der Waals surface area contributed by atoms with Crippen LogP contribution in [0.1, 0.15) is 34.3 Å². The van der Waals surface area contributed by atoms with E-state index in [1.807, 2.05) is 41.3 Å². The van der Waals surface area contributed by atoms with Gasteiger partial charge in [0.05, 0.1) is 5.52 Å². The highest BCUT2D eigenvalue weighted by Gasteiger charge is 2.26. The molecule has 1 aliphatic heterocycles. The van der Waals surface area contributed by atoms with Crippen LogP contribution < -0.4 is 0 Å². The predicted molar refractivity (Wildman–Crippen MR) is 71.6 cm³/mol. The van der Waals surface area contributed by atoms with E-state index in [1.54, 1.807) is 0 Å². The smallest absolute Gasteiger partial charge is 0.356 e. The second kappa shape index (κ2) is 4.31. The van der Waals surface area contributed by atoms with Crippen molar-refractivity contribution in [3.8, 4) is 0 Å². The van der Waals surface area contributed by atoms with Crippen molar-refractivity contribution in [3.63, 3.8) is 0 Å². The van der Waals surface area contributed by atoms with Crippen LogP contribution in [-0.2, 0) is 0 Å². The van der Waals surface area contributed by atoms with Gasteiger partial charge in [-0.15, -0.1) is 0 Å². The van der Waals surface area contributed by atoms with Gasteiger partial charge >= 0.3 is 5.97 Å². The number of aryl methyl sites for hydroxylation is 1. The van der Waals surface area contributed by atoms with Crippen LogP contribution in [0.4, 0.5) is 0 Å². The molecule has 2 aromatic rings. The maximum atomic E-state index is 11.3. The molecule has 18 heavy (non-hydrogen) atoms. The summed E-state index contributed by atoms with van der Waals surface area (Å²) in [4.78, 5) is 15.7. The Bertz CT molecular complexity index is 615. The summed E-state index contributed by atoms with van der Waals surface area (Å²) < 4.78 is 2.00. The van der Waals surface area contributed by atoms with Crippen molar-refractivity contribution in [3.05, 3.63) is 35.4 Å². The molecule has 0 bridgehead atoms. The number of carbonyl (C=O) groups is 1. The summed E-state index contributed by atoms with van der Waals surface area (Å²) >= 11 is 1.91. The largest absolute Gasteiger partial charge is 0.476 e. The van der Waals surface area contributed by atoms with Crippen LogP contribution in [0.2, 0.25) is 0 Å². The summed E-state index contributed by atoms with van der Waals surface area (Å²) in [5.41, 5.74) is 1.92. The minimum Gasteiger partial charge on any atom is -0.476 e. The van der Waals surface area contributed by atoms with Crippen LogP contribution in [0.25, 0.3) is 5.52 Å². The highest BCUT2D eigenvalue weighted by molar-refractivity contribution is 7.99. The summed E-state index contributed by atoms with van der Waals surface area (Å²) in [6, 6.07) is 5.70. The normalized spacial score (nSPS) is 19.5. The third kappa shape index (κ3) is 1.70. The van der Waals surface area contributed by atoms with E-state index in [2.05, 4.69) is 4.98 Å². The van der Waals surface area contributed by atoms with E-state index in [0.29, 0.717) is 11.4 Å². The zero-order chi connectivity index (χ0) is 12.7. The molecule has 1 N–H and O–H groups in total. The SMILES string of the molecule is Cc1cccc2c(C(=O)O)nc(C3CCSC3)n12. The van der Waals surface area contributed by atoms with Gasteiger partial charge in [-0.25, -0.2) is 9.78 Å². The van der Waals surface area contributed by atoms with Crippen LogP contribution >= 0.6 is 11.8 Å². The van der Waals surface area contributed by atoms with Crippen LogP contribution in [-0.4, -0.2) is 32.0 Å². The maximum Gasteiger partial charge on any atom is 0.356 e. The fourth-order valence-corrected chi connectivity index (χ4v) is 3.72. The number of pyridine rings is 1. The van der Waals surface area contributed by atoms with Crippen molar-refractivity contribution >= 4 is 23.2 Å². The van der Waals surface area contributed by atoms with Gasteiger partial charge in [-0.2, -0.15) is 11.8 Å². The van der Waals surface area contributed by atoms with Crippen LogP contribution in [0.15, 0.2) is 18.2 Å². The molecule has 4 nitrogen and oxygen atoms in total. The summed E-state index contributed by atoms with van der Waals surface area (Å²) in [5.74, 6) is 2.50. The lowest BCUT2D eigenvalue weighted by molar-refractivity contribution is 0.0693. The van der Waals surface area contributed by atoms with Gasteiger partial charge in [0.1, 0.15) is 5.82 Å². The number of aromatic nitrogens is 2. The molecule has 1 fully saturated rings. The number of carboxylic acid groups (broad SMARTS) is 1. The van der Waals surface area contributed by atoms with E-state index in [1.165, 1.54) is 0 Å². The van der Waals surface area contributed by atoms with E-state index in [0.717, 1.165) is 29.4 Å². The van der Waals surface area contributed by atoms with Crippen LogP contribution in [0, 0.1) is 6.92 Å². The molecule has 5 heteroatoms. The number of fused-ring (bicyclic) bond motifs is 1. The van der Waals surface area contributed by atoms with E-state index in [4.69, 9.17) is 0 Å². The van der Waals surface area contributed by atoms with Gasteiger partial charge in [-0.05, 0) is 31.2 Å². The van der Waals surface area contributed by atoms with E-state index >= 15 is 0 Å². The Morgan fingerprint density at radius 1 is 1.56 bits per heavy atom. The molecule has 3 heterocycles. The van der Waals surface area contributed by atoms with Crippen molar-refractivity contribution < 1.29 is 9.90 Å². The molecule has 1 atom stereocenters. The van der Waals surface area contributed by atoms with Gasteiger partial charge in [-0.3, -0.25) is 4.40 Å². The van der Waals surface area contributed by atoms with E-state index < -0.39 is 5.97 Å². The van der Waals surface area contributed by atoms with Gasteiger partial charge in [0.2, 0.25) is 0 Å². The topological polar surface area (TPSA) is 54.6 Å². The molecule has 2 aromatic heterocycles. The quantitative estimate of drug-likeness (QED) is 0.903. The maximum absolute atomic E-state index is 11.3. The predicted octanol–water partition coefficient (Wildman–Crippen LogP) is 2.56. The number of nitrogens with zero attached hydrogens (tertiary/aromatic N) is 2. The van der Waals surface area contributed by atoms with Crippen molar-refractivity contribution in [2.45, 2.75) is 19.3 Å². The Balaban J connectivity index is 2.27. The Morgan fingerprint density at radius 2 is 2.39 bits per heavy atom. The molecule has 0 saturated carbocycles. The van der Waals surface area contributed by atoms with Crippen molar-refractivity contribution in [2.75, 3.05) is 11.5 Å². The minimum absolute atomic E-state index is 0.172. The van der Waals surface area contributed by atoms with Gasteiger partial charge in [0.25, 0.3) is 0 Å². The first-order valence-corrected chi connectivity index (χ1v) is 7.13. The summed E-state index contributed by atoms with van der Waals surface area (Å²) in [5, 5.41) is 9.25. The standard InChI is InChI=1S/C13H14N2O2S/c1-8-3-2-4-10-11(13(16)17)14-12(15(8)10)9-5-6-18-7-9/h2-4,9H,5-7H2,1H3,(H,16,17). The van der Waals surface area contributed by atoms with Crippen molar-refractivity contribution in [1.82, 2.24) is 9.38 Å². The molecule has 0 spiro atoms. The summed E-state index contributed by atoms with van der Waals surface area (Å²) in [7, 11) is 0. The molecule has 1 unspecified atom stereocenters. The fourth-order valence-electron chi connectivity index (χ4n) is 2.50. The molecule has 0 aromatic carbocycles. The monoisotopic (exact) mass is 262 g/mol. The average molecular weight is 262 g/mol. The lowest BCUT2D eigenvalue weighted by Gasteiger charge is -2.09. The van der Waals surface area contributed by atoms with Gasteiger partial charge in [-0.1, -0.05) is 6.07 Å². The number of rotatable bonds is 2. The molecule has 1 saturated heterocycles. The number of aromatic carboxylic acids is 1. The number of hydrogen-bond acceptors (Lipinski definition) is 3. The highest BCUT2D eigenvalue weighted by atomic mass is 32.2. The molecule has 0 aliphatic carbocycles. The minimum atomic E-state index is -0.949. The first kappa shape index (κ1) is 11.6. The lowest BCUT2D eigenvalue weighted by atomic mass is 10.1. The van der Waals surface area contributed by atoms with Gasteiger partial charge in [0.15, 0.2) is 5.69 Å². The Morgan fingerprint density at radius 3 is 3.06 bits per heavy atom. The Labute approximate surface area is 109 Å². The molecule has 0 radical (unpaired) electrons. The first-order chi connectivity index (χ1) is 8.68. The third-order valence-electron chi connectivity index (χ3n) is 3.38. The number of thioether (sulfide) groups is 1. The molecule has 94 valence electrons. The summed E-state index contributed by atoms with van der Waals surface area (Å²) in [6.45, 7) is 1.99. The third-order valence-corrected chi connectivity index (χ3v) is 4.54. The second-order valence-corrected chi connectivity index (χ2v) is 5.72. The van der Waals surface area contributed by atoms with Gasteiger partial charge < -0.3 is 5.11 Å². The Hall–Kier alpha value is -1.49. The molecule has 1 aliphatic rings. The van der Waals surface area contributed by atoms with E-state index in [9.17, 15) is 9.90 Å². The van der Waals surface area contributed by atoms with Crippen molar-refractivity contribution in [2.24, 2.45) is 0 Å². The average Bonchev–Trinajstić information content (AvgIpc) is 2.95. The number of hydrogen-bond donors (Lipinski definition) is 1. The lowest BCUT2D eigenvalue weighted by Crippen LogP contribution is -2.05.